The van der Waals surface area contributed by atoms with Crippen molar-refractivity contribution in [2.24, 2.45) is 0 Å². The summed E-state index contributed by atoms with van der Waals surface area (Å²) in [7, 11) is 1.78. The molecule has 0 aromatic heterocycles. The van der Waals surface area contributed by atoms with Crippen LogP contribution in [0.1, 0.15) is 38.1 Å². The highest BCUT2D eigenvalue weighted by molar-refractivity contribution is 6.04. The molecule has 94 valence electrons. The Hall–Kier alpha value is -1.35. The van der Waals surface area contributed by atoms with E-state index < -0.39 is 5.54 Å². The monoisotopic (exact) mass is 235 g/mol. The molecule has 0 aliphatic carbocycles. The number of carbonyl (C=O) groups is 1. The van der Waals surface area contributed by atoms with Gasteiger partial charge in [0, 0.05) is 0 Å². The average Bonchev–Trinajstić information content (AvgIpc) is 2.28. The molecule has 0 radical (unpaired) electrons. The van der Waals surface area contributed by atoms with Crippen molar-refractivity contribution in [3.63, 3.8) is 0 Å². The number of ketones is 1. The summed E-state index contributed by atoms with van der Waals surface area (Å²) in [5, 5.41) is 3.02. The summed E-state index contributed by atoms with van der Waals surface area (Å²) in [5.41, 5.74) is 0.0386. The van der Waals surface area contributed by atoms with Gasteiger partial charge in [0.1, 0.15) is 5.75 Å². The van der Waals surface area contributed by atoms with Gasteiger partial charge in [-0.15, -0.1) is 0 Å². The van der Waals surface area contributed by atoms with Crippen LogP contribution in [0, 0.1) is 0 Å². The highest BCUT2D eigenvalue weighted by Crippen LogP contribution is 2.23. The smallest absolute Gasteiger partial charge is 0.185 e. The Bertz CT molecular complexity index is 397. The lowest BCUT2D eigenvalue weighted by Crippen LogP contribution is -2.44. The van der Waals surface area contributed by atoms with E-state index in [0.29, 0.717) is 11.3 Å². The molecule has 0 bridgehead atoms. The molecule has 17 heavy (non-hydrogen) atoms. The van der Waals surface area contributed by atoms with E-state index in [9.17, 15) is 4.79 Å². The largest absolute Gasteiger partial charge is 0.490 e. The van der Waals surface area contributed by atoms with Crippen molar-refractivity contribution < 1.29 is 9.53 Å². The quantitative estimate of drug-likeness (QED) is 0.797. The molecule has 0 saturated carbocycles. The molecule has 0 spiro atoms. The molecule has 1 rings (SSSR count). The zero-order chi connectivity index (χ0) is 13.1. The molecular formula is C14H21NO2. The van der Waals surface area contributed by atoms with Gasteiger partial charge in [0.15, 0.2) is 5.78 Å². The first kappa shape index (κ1) is 13.7. The van der Waals surface area contributed by atoms with E-state index in [-0.39, 0.29) is 11.9 Å². The van der Waals surface area contributed by atoms with E-state index in [0.717, 1.165) is 0 Å². The zero-order valence-electron chi connectivity index (χ0n) is 11.2. The Labute approximate surface area is 103 Å². The van der Waals surface area contributed by atoms with Crippen LogP contribution in [0.15, 0.2) is 24.3 Å². The molecule has 0 heterocycles. The van der Waals surface area contributed by atoms with Crippen molar-refractivity contribution in [2.75, 3.05) is 7.05 Å². The number of carbonyl (C=O) groups excluding carboxylic acids is 1. The van der Waals surface area contributed by atoms with Gasteiger partial charge in [-0.2, -0.15) is 0 Å². The van der Waals surface area contributed by atoms with Crippen LogP contribution >= 0.6 is 0 Å². The summed E-state index contributed by atoms with van der Waals surface area (Å²) >= 11 is 0. The topological polar surface area (TPSA) is 38.3 Å². The molecule has 0 amide bonds. The number of rotatable bonds is 5. The van der Waals surface area contributed by atoms with E-state index in [1.807, 2.05) is 45.9 Å². The summed E-state index contributed by atoms with van der Waals surface area (Å²) in [6.45, 7) is 7.62. The normalized spacial score (nSPS) is 11.6. The molecule has 3 nitrogen and oxygen atoms in total. The van der Waals surface area contributed by atoms with Crippen molar-refractivity contribution in [2.45, 2.75) is 39.3 Å². The second-order valence-corrected chi connectivity index (χ2v) is 4.87. The van der Waals surface area contributed by atoms with Crippen LogP contribution in [0.25, 0.3) is 0 Å². The van der Waals surface area contributed by atoms with Crippen molar-refractivity contribution in [1.29, 1.82) is 0 Å². The fourth-order valence-electron chi connectivity index (χ4n) is 1.46. The van der Waals surface area contributed by atoms with Gasteiger partial charge in [-0.3, -0.25) is 4.79 Å². The van der Waals surface area contributed by atoms with Gasteiger partial charge in [-0.25, -0.2) is 0 Å². The maximum absolute atomic E-state index is 12.4. The van der Waals surface area contributed by atoms with Gasteiger partial charge in [0.2, 0.25) is 0 Å². The van der Waals surface area contributed by atoms with Crippen LogP contribution in [0.2, 0.25) is 0 Å². The number of para-hydroxylation sites is 1. The lowest BCUT2D eigenvalue weighted by molar-refractivity contribution is 0.0883. The van der Waals surface area contributed by atoms with E-state index in [1.165, 1.54) is 0 Å². The fraction of sp³-hybridized carbons (Fsp3) is 0.500. The lowest BCUT2D eigenvalue weighted by Gasteiger charge is -2.24. The Kier molecular flexibility index (Phi) is 4.29. The van der Waals surface area contributed by atoms with Gasteiger partial charge in [-0.1, -0.05) is 12.1 Å². The SMILES string of the molecule is CNC(C)(C)C(=O)c1ccccc1OC(C)C. The predicted molar refractivity (Wildman–Crippen MR) is 69.7 cm³/mol. The molecule has 3 heteroatoms. The van der Waals surface area contributed by atoms with E-state index >= 15 is 0 Å². The van der Waals surface area contributed by atoms with Crippen LogP contribution in [-0.4, -0.2) is 24.5 Å². The summed E-state index contributed by atoms with van der Waals surface area (Å²) in [6.07, 6.45) is 0.0571. The molecule has 1 aromatic rings. The highest BCUT2D eigenvalue weighted by atomic mass is 16.5. The van der Waals surface area contributed by atoms with Crippen LogP contribution in [-0.2, 0) is 0 Å². The number of nitrogens with one attached hydrogen (secondary N) is 1. The second-order valence-electron chi connectivity index (χ2n) is 4.87. The predicted octanol–water partition coefficient (Wildman–Crippen LogP) is 2.65. The van der Waals surface area contributed by atoms with E-state index in [2.05, 4.69) is 5.32 Å². The van der Waals surface area contributed by atoms with Crippen molar-refractivity contribution in [1.82, 2.24) is 5.32 Å². The molecule has 0 unspecified atom stereocenters. The standard InChI is InChI=1S/C14H21NO2/c1-10(2)17-12-9-7-6-8-11(12)13(16)14(3,4)15-5/h6-10,15H,1-5H3. The Balaban J connectivity index is 3.09. The van der Waals surface area contributed by atoms with E-state index in [4.69, 9.17) is 4.74 Å². The van der Waals surface area contributed by atoms with Gasteiger partial charge in [0.25, 0.3) is 0 Å². The zero-order valence-corrected chi connectivity index (χ0v) is 11.2. The third kappa shape index (κ3) is 3.30. The molecular weight excluding hydrogens is 214 g/mol. The van der Waals surface area contributed by atoms with E-state index in [1.54, 1.807) is 13.1 Å². The number of hydrogen-bond acceptors (Lipinski definition) is 3. The minimum atomic E-state index is -0.587. The number of ether oxygens (including phenoxy) is 1. The second kappa shape index (κ2) is 5.32. The number of benzene rings is 1. The van der Waals surface area contributed by atoms with Gasteiger partial charge >= 0.3 is 0 Å². The van der Waals surface area contributed by atoms with Gasteiger partial charge < -0.3 is 10.1 Å². The first-order valence-corrected chi connectivity index (χ1v) is 5.88. The molecule has 0 fully saturated rings. The van der Waals surface area contributed by atoms with Crippen LogP contribution in [0.3, 0.4) is 0 Å². The van der Waals surface area contributed by atoms with Crippen LogP contribution in [0.4, 0.5) is 0 Å². The summed E-state index contributed by atoms with van der Waals surface area (Å²) in [4.78, 5) is 12.4. The minimum absolute atomic E-state index is 0.0382. The molecule has 0 saturated heterocycles. The summed E-state index contributed by atoms with van der Waals surface area (Å²) in [5.74, 6) is 0.687. The lowest BCUT2D eigenvalue weighted by atomic mass is 9.93. The van der Waals surface area contributed by atoms with Gasteiger partial charge in [0.05, 0.1) is 17.2 Å². The van der Waals surface area contributed by atoms with Crippen molar-refractivity contribution in [3.8, 4) is 5.75 Å². The fourth-order valence-corrected chi connectivity index (χ4v) is 1.46. The third-order valence-corrected chi connectivity index (χ3v) is 2.69. The molecule has 0 atom stereocenters. The first-order valence-electron chi connectivity index (χ1n) is 5.88. The summed E-state index contributed by atoms with van der Waals surface area (Å²) in [6, 6.07) is 7.37. The Morgan fingerprint density at radius 1 is 1.29 bits per heavy atom. The van der Waals surface area contributed by atoms with Gasteiger partial charge in [-0.05, 0) is 46.9 Å². The molecule has 0 aliphatic heterocycles. The number of likely N-dealkylation sites (N-methyl/N-ethyl adjacent to an activating group) is 1. The number of Topliss-reactive ketones (excluding diaryl/α,β-unsaturated/α-hetero) is 1. The minimum Gasteiger partial charge on any atom is -0.490 e. The molecule has 0 aliphatic rings. The molecule has 1 N–H and O–H groups in total. The molecule has 1 aromatic carbocycles. The highest BCUT2D eigenvalue weighted by Gasteiger charge is 2.28. The Morgan fingerprint density at radius 2 is 1.88 bits per heavy atom. The average molecular weight is 235 g/mol. The van der Waals surface area contributed by atoms with Crippen LogP contribution < -0.4 is 10.1 Å². The maximum Gasteiger partial charge on any atom is 0.185 e. The maximum atomic E-state index is 12.4. The van der Waals surface area contributed by atoms with Crippen molar-refractivity contribution in [3.05, 3.63) is 29.8 Å². The first-order chi connectivity index (χ1) is 7.88. The Morgan fingerprint density at radius 3 is 2.41 bits per heavy atom. The summed E-state index contributed by atoms with van der Waals surface area (Å²) < 4.78 is 5.66. The van der Waals surface area contributed by atoms with Crippen molar-refractivity contribution >= 4 is 5.78 Å². The number of hydrogen-bond donors (Lipinski definition) is 1. The van der Waals surface area contributed by atoms with Crippen LogP contribution in [0.5, 0.6) is 5.75 Å². The third-order valence-electron chi connectivity index (χ3n) is 2.69.